The fourth-order valence-corrected chi connectivity index (χ4v) is 10.5. The van der Waals surface area contributed by atoms with Crippen LogP contribution >= 0.6 is 0 Å². The number of nitriles is 1. The second-order valence-electron chi connectivity index (χ2n) is 15.5. The molecule has 5 rings (SSSR count). The molecule has 38 heavy (non-hydrogen) atoms. The first-order chi connectivity index (χ1) is 17.5. The Morgan fingerprint density at radius 1 is 1.03 bits per heavy atom. The molecule has 0 aliphatic heterocycles. The summed E-state index contributed by atoms with van der Waals surface area (Å²) in [6.07, 6.45) is 11.4. The smallest absolute Gasteiger partial charge is 0.303 e. The van der Waals surface area contributed by atoms with E-state index in [0.29, 0.717) is 6.42 Å². The summed E-state index contributed by atoms with van der Waals surface area (Å²) in [4.78, 5) is 39.3. The summed E-state index contributed by atoms with van der Waals surface area (Å²) in [7, 11) is 0. The lowest BCUT2D eigenvalue weighted by atomic mass is 9.34. The predicted octanol–water partition coefficient (Wildman–Crippen LogP) is 7.07. The highest BCUT2D eigenvalue weighted by molar-refractivity contribution is 6.04. The number of rotatable bonds is 3. The fourth-order valence-electron chi connectivity index (χ4n) is 10.5. The van der Waals surface area contributed by atoms with Crippen LogP contribution in [0.1, 0.15) is 106 Å². The highest BCUT2D eigenvalue weighted by Crippen LogP contribution is 2.75. The van der Waals surface area contributed by atoms with Crippen molar-refractivity contribution in [3.8, 4) is 6.07 Å². The molecule has 5 aliphatic carbocycles. The van der Waals surface area contributed by atoms with E-state index in [2.05, 4.69) is 40.7 Å². The normalized spacial score (nSPS) is 44.8. The van der Waals surface area contributed by atoms with E-state index in [1.165, 1.54) is 0 Å². The Morgan fingerprint density at radius 2 is 1.68 bits per heavy atom. The second-order valence-corrected chi connectivity index (χ2v) is 15.5. The Hall–Kier alpha value is -2.22. The van der Waals surface area contributed by atoms with Crippen molar-refractivity contribution in [2.24, 2.45) is 50.2 Å². The number of allylic oxidation sites excluding steroid dienone is 4. The molecule has 1 N–H and O–H groups in total. The number of carboxylic acid groups (broad SMARTS) is 1. The highest BCUT2D eigenvalue weighted by Gasteiger charge is 2.69. The zero-order chi connectivity index (χ0) is 28.1. The van der Waals surface area contributed by atoms with Crippen LogP contribution in [-0.2, 0) is 14.4 Å². The summed E-state index contributed by atoms with van der Waals surface area (Å²) in [5.74, 6) is -0.559. The van der Waals surface area contributed by atoms with Crippen LogP contribution in [0.5, 0.6) is 0 Å². The molecule has 7 atom stereocenters. The highest BCUT2D eigenvalue weighted by atomic mass is 16.4. The summed E-state index contributed by atoms with van der Waals surface area (Å²) in [6.45, 7) is 15.4. The second kappa shape index (κ2) is 8.15. The number of fused-ring (bicyclic) bond motifs is 7. The standard InChI is InChI=1S/C33H45NO4/c1-28(2)12-14-33(11-9-25(36)37)15-13-32(7)26(21(33)18-28)22(35)16-24-30(5)17-20(19-34)27(38)29(3,4)23(30)8-10-31(24,32)6/h16-17,21,23,26H,8-15,18H2,1-7H3,(H,36,37). The van der Waals surface area contributed by atoms with Crippen molar-refractivity contribution < 1.29 is 19.5 Å². The molecule has 0 bridgehead atoms. The molecule has 7 unspecified atom stereocenters. The zero-order valence-electron chi connectivity index (χ0n) is 24.4. The van der Waals surface area contributed by atoms with Gasteiger partial charge in [-0.05, 0) is 90.9 Å². The summed E-state index contributed by atoms with van der Waals surface area (Å²) in [5, 5.41) is 19.5. The number of ketones is 2. The summed E-state index contributed by atoms with van der Waals surface area (Å²) in [5.41, 5.74) is -0.293. The van der Waals surface area contributed by atoms with Gasteiger partial charge in [0.1, 0.15) is 6.07 Å². The first-order valence-electron chi connectivity index (χ1n) is 14.6. The molecule has 0 heterocycles. The van der Waals surface area contributed by atoms with E-state index >= 15 is 0 Å². The Kier molecular flexibility index (Phi) is 5.87. The van der Waals surface area contributed by atoms with E-state index in [-0.39, 0.29) is 63.0 Å². The molecule has 0 amide bonds. The third-order valence-electron chi connectivity index (χ3n) is 12.9. The van der Waals surface area contributed by atoms with Crippen LogP contribution in [0.25, 0.3) is 0 Å². The Balaban J connectivity index is 1.66. The van der Waals surface area contributed by atoms with Crippen LogP contribution in [0.15, 0.2) is 23.3 Å². The maximum absolute atomic E-state index is 14.4. The number of carboxylic acids is 1. The van der Waals surface area contributed by atoms with E-state index in [4.69, 9.17) is 0 Å². The van der Waals surface area contributed by atoms with Gasteiger partial charge in [-0.15, -0.1) is 0 Å². The minimum Gasteiger partial charge on any atom is -0.481 e. The minimum atomic E-state index is -0.749. The van der Waals surface area contributed by atoms with Gasteiger partial charge in [-0.2, -0.15) is 5.26 Å². The van der Waals surface area contributed by atoms with Crippen molar-refractivity contribution in [3.05, 3.63) is 23.3 Å². The molecule has 5 nitrogen and oxygen atoms in total. The first-order valence-corrected chi connectivity index (χ1v) is 14.6. The van der Waals surface area contributed by atoms with E-state index in [1.807, 2.05) is 26.0 Å². The molecule has 5 heteroatoms. The SMILES string of the molecule is CC1(C)CCC2(CCC(=O)O)CCC3(C)C(C(=O)C=C4C5(C)C=C(C#N)C(=O)C(C)(C)C5CCC43C)C2C1. The van der Waals surface area contributed by atoms with Gasteiger partial charge >= 0.3 is 5.97 Å². The molecule has 0 aromatic rings. The lowest BCUT2D eigenvalue weighted by Gasteiger charge is -2.69. The summed E-state index contributed by atoms with van der Waals surface area (Å²) >= 11 is 0. The van der Waals surface area contributed by atoms with Crippen molar-refractivity contribution >= 4 is 17.5 Å². The molecule has 0 aromatic heterocycles. The lowest BCUT2D eigenvalue weighted by Crippen LogP contribution is -2.64. The van der Waals surface area contributed by atoms with E-state index in [9.17, 15) is 24.8 Å². The van der Waals surface area contributed by atoms with Crippen molar-refractivity contribution in [1.82, 2.24) is 0 Å². The number of hydrogen-bond donors (Lipinski definition) is 1. The Bertz CT molecular complexity index is 1220. The lowest BCUT2D eigenvalue weighted by molar-refractivity contribution is -0.173. The van der Waals surface area contributed by atoms with Gasteiger partial charge in [-0.3, -0.25) is 14.4 Å². The molecular formula is C33H45NO4. The number of aliphatic carboxylic acids is 1. The number of hydrogen-bond acceptors (Lipinski definition) is 4. The van der Waals surface area contributed by atoms with Crippen LogP contribution in [-0.4, -0.2) is 22.6 Å². The van der Waals surface area contributed by atoms with Gasteiger partial charge in [0.15, 0.2) is 11.6 Å². The Labute approximate surface area is 228 Å². The summed E-state index contributed by atoms with van der Waals surface area (Å²) in [6, 6.07) is 2.18. The summed E-state index contributed by atoms with van der Waals surface area (Å²) < 4.78 is 0. The molecule has 0 saturated heterocycles. The molecule has 3 saturated carbocycles. The number of Topliss-reactive ketones (excluding diaryl/α,β-unsaturated/α-hetero) is 1. The number of nitrogens with zero attached hydrogens (tertiary/aromatic N) is 1. The maximum Gasteiger partial charge on any atom is 0.303 e. The fraction of sp³-hybridized carbons (Fsp3) is 0.758. The van der Waals surface area contributed by atoms with Crippen LogP contribution in [0.3, 0.4) is 0 Å². The number of carbonyl (C=O) groups excluding carboxylic acids is 2. The monoisotopic (exact) mass is 519 g/mol. The molecule has 5 aliphatic rings. The first kappa shape index (κ1) is 27.4. The zero-order valence-corrected chi connectivity index (χ0v) is 24.4. The van der Waals surface area contributed by atoms with E-state index in [1.54, 1.807) is 0 Å². The quantitative estimate of drug-likeness (QED) is 0.430. The van der Waals surface area contributed by atoms with Gasteiger partial charge in [0.05, 0.1) is 5.57 Å². The van der Waals surface area contributed by atoms with Crippen LogP contribution in [0.2, 0.25) is 0 Å². The third kappa shape index (κ3) is 3.44. The molecular weight excluding hydrogens is 474 g/mol. The molecule has 0 spiro atoms. The van der Waals surface area contributed by atoms with Crippen molar-refractivity contribution in [1.29, 1.82) is 5.26 Å². The van der Waals surface area contributed by atoms with Crippen molar-refractivity contribution in [2.75, 3.05) is 0 Å². The van der Waals surface area contributed by atoms with Gasteiger partial charge in [-0.1, -0.05) is 60.1 Å². The van der Waals surface area contributed by atoms with Crippen molar-refractivity contribution in [2.45, 2.75) is 106 Å². The van der Waals surface area contributed by atoms with E-state index in [0.717, 1.165) is 50.5 Å². The molecule has 3 fully saturated rings. The largest absolute Gasteiger partial charge is 0.481 e. The predicted molar refractivity (Wildman–Crippen MR) is 146 cm³/mol. The van der Waals surface area contributed by atoms with Gasteiger partial charge in [-0.25, -0.2) is 0 Å². The molecule has 206 valence electrons. The topological polar surface area (TPSA) is 95.2 Å². The average Bonchev–Trinajstić information content (AvgIpc) is 2.82. The average molecular weight is 520 g/mol. The van der Waals surface area contributed by atoms with E-state index < -0.39 is 16.8 Å². The maximum atomic E-state index is 14.4. The van der Waals surface area contributed by atoms with Crippen LogP contribution in [0.4, 0.5) is 0 Å². The van der Waals surface area contributed by atoms with Crippen LogP contribution < -0.4 is 0 Å². The van der Waals surface area contributed by atoms with Gasteiger partial charge in [0, 0.05) is 23.2 Å². The van der Waals surface area contributed by atoms with Gasteiger partial charge in [0.25, 0.3) is 0 Å². The number of carbonyl (C=O) groups is 3. The Morgan fingerprint density at radius 3 is 2.32 bits per heavy atom. The molecule has 0 aromatic carbocycles. The van der Waals surface area contributed by atoms with Gasteiger partial charge in [0.2, 0.25) is 0 Å². The van der Waals surface area contributed by atoms with Gasteiger partial charge < -0.3 is 5.11 Å². The third-order valence-corrected chi connectivity index (χ3v) is 12.9. The minimum absolute atomic E-state index is 0.0405. The van der Waals surface area contributed by atoms with Crippen LogP contribution in [0, 0.1) is 61.6 Å². The molecule has 0 radical (unpaired) electrons. The van der Waals surface area contributed by atoms with Crippen molar-refractivity contribution in [3.63, 3.8) is 0 Å².